The summed E-state index contributed by atoms with van der Waals surface area (Å²) in [4.78, 5) is 68.7. The van der Waals surface area contributed by atoms with Gasteiger partial charge < -0.3 is 20.4 Å². The summed E-state index contributed by atoms with van der Waals surface area (Å²) >= 11 is 19.8. The number of urea groups is 1. The Morgan fingerprint density at radius 2 is 1.82 bits per heavy atom. The van der Waals surface area contributed by atoms with Crippen LogP contribution in [0, 0.1) is 0 Å². The molecule has 204 valence electrons. The molecule has 0 aliphatic carbocycles. The molecule has 0 bridgehead atoms. The van der Waals surface area contributed by atoms with Crippen LogP contribution in [0.3, 0.4) is 0 Å². The average Bonchev–Trinajstić information content (AvgIpc) is 2.87. The lowest BCUT2D eigenvalue weighted by molar-refractivity contribution is -0.155. The van der Waals surface area contributed by atoms with Crippen molar-refractivity contribution >= 4 is 76.2 Å². The monoisotopic (exact) mass is 601 g/mol. The van der Waals surface area contributed by atoms with Gasteiger partial charge in [0.15, 0.2) is 9.33 Å². The topological polar surface area (TPSA) is 119 Å². The summed E-state index contributed by atoms with van der Waals surface area (Å²) in [7, 11) is 0. The molecule has 2 saturated heterocycles. The third kappa shape index (κ3) is 5.47. The van der Waals surface area contributed by atoms with E-state index in [-0.39, 0.29) is 19.5 Å². The molecule has 3 aliphatic heterocycles. The van der Waals surface area contributed by atoms with E-state index in [0.717, 1.165) is 10.5 Å². The summed E-state index contributed by atoms with van der Waals surface area (Å²) < 4.78 is -1.86. The molecule has 0 aromatic heterocycles. The van der Waals surface area contributed by atoms with E-state index in [1.54, 1.807) is 43.5 Å². The van der Waals surface area contributed by atoms with Crippen molar-refractivity contribution in [3.63, 3.8) is 0 Å². The molecule has 3 atom stereocenters. The van der Waals surface area contributed by atoms with Crippen LogP contribution in [0.15, 0.2) is 42.1 Å². The standard InChI is InChI=1S/C24H26Cl3N5O5S/c1-3-30-9-10-31(19(35)18(30)34)22(37)28-16(15-7-5-4-6-8-15)17(33)29-23(13-24(25,26)27)20(36)32-11-14(2)12-38-21(23)32/h4-8,11,16,21H,3,9-10,12-13H2,1-2H3,(H,28,37)(H,29,33)/t16?,21-,23?/m0/s1. The van der Waals surface area contributed by atoms with Crippen LogP contribution < -0.4 is 10.6 Å². The fraction of sp³-hybridized carbons (Fsp3) is 0.458. The molecule has 10 nitrogen and oxygen atoms in total. The van der Waals surface area contributed by atoms with Crippen molar-refractivity contribution < 1.29 is 24.0 Å². The lowest BCUT2D eigenvalue weighted by atomic mass is 9.84. The Kier molecular flexibility index (Phi) is 8.23. The normalized spacial score (nSPS) is 24.3. The molecule has 0 radical (unpaired) electrons. The van der Waals surface area contributed by atoms with Crippen molar-refractivity contribution in [1.82, 2.24) is 25.3 Å². The predicted octanol–water partition coefficient (Wildman–Crippen LogP) is 2.56. The van der Waals surface area contributed by atoms with Crippen LogP contribution in [0.5, 0.6) is 0 Å². The van der Waals surface area contributed by atoms with E-state index in [2.05, 4.69) is 10.6 Å². The quantitative estimate of drug-likeness (QED) is 0.294. The molecule has 0 spiro atoms. The molecule has 6 amide bonds. The number of nitrogens with one attached hydrogen (secondary N) is 2. The van der Waals surface area contributed by atoms with Crippen LogP contribution in [-0.2, 0) is 19.2 Å². The highest BCUT2D eigenvalue weighted by Gasteiger charge is 2.64. The van der Waals surface area contributed by atoms with E-state index in [4.69, 9.17) is 34.8 Å². The van der Waals surface area contributed by atoms with Crippen LogP contribution in [0.25, 0.3) is 0 Å². The van der Waals surface area contributed by atoms with Gasteiger partial charge in [0.2, 0.25) is 5.91 Å². The van der Waals surface area contributed by atoms with Gasteiger partial charge in [0.05, 0.1) is 0 Å². The van der Waals surface area contributed by atoms with Crippen LogP contribution in [0.2, 0.25) is 0 Å². The zero-order valence-corrected chi connectivity index (χ0v) is 23.7. The number of benzene rings is 1. The van der Waals surface area contributed by atoms with E-state index in [0.29, 0.717) is 17.9 Å². The number of hydrogen-bond donors (Lipinski definition) is 2. The number of carbonyl (C=O) groups is 5. The second-order valence-corrected chi connectivity index (χ2v) is 12.8. The van der Waals surface area contributed by atoms with Crippen LogP contribution >= 0.6 is 46.6 Å². The lowest BCUT2D eigenvalue weighted by Crippen LogP contribution is -2.79. The molecule has 1 aromatic rings. The highest BCUT2D eigenvalue weighted by Crippen LogP contribution is 2.49. The number of likely N-dealkylation sites (N-methyl/N-ethyl adjacent to an activating group) is 1. The van der Waals surface area contributed by atoms with Gasteiger partial charge in [0, 0.05) is 38.0 Å². The molecule has 2 unspecified atom stereocenters. The summed E-state index contributed by atoms with van der Waals surface area (Å²) in [5.41, 5.74) is -0.172. The number of carbonyl (C=O) groups excluding carboxylic acids is 5. The number of piperazine rings is 1. The third-order valence-corrected chi connectivity index (χ3v) is 8.51. The highest BCUT2D eigenvalue weighted by atomic mass is 35.6. The minimum Gasteiger partial charge on any atom is -0.337 e. The number of amides is 6. The minimum atomic E-state index is -1.86. The Hall–Kier alpha value is -2.47. The number of hydrogen-bond acceptors (Lipinski definition) is 6. The molecule has 2 N–H and O–H groups in total. The third-order valence-electron chi connectivity index (χ3n) is 6.54. The van der Waals surface area contributed by atoms with Gasteiger partial charge in [-0.15, -0.1) is 11.8 Å². The second kappa shape index (κ2) is 11.0. The van der Waals surface area contributed by atoms with E-state index in [9.17, 15) is 24.0 Å². The Labute approximate surface area is 239 Å². The molecule has 1 aromatic carbocycles. The lowest BCUT2D eigenvalue weighted by Gasteiger charge is -2.56. The van der Waals surface area contributed by atoms with Crippen molar-refractivity contribution in [2.75, 3.05) is 25.4 Å². The Bertz CT molecular complexity index is 1190. The maximum absolute atomic E-state index is 13.8. The first-order valence-corrected chi connectivity index (χ1v) is 14.0. The molecule has 38 heavy (non-hydrogen) atoms. The summed E-state index contributed by atoms with van der Waals surface area (Å²) in [6.45, 7) is 4.10. The highest BCUT2D eigenvalue weighted by molar-refractivity contribution is 8.00. The van der Waals surface area contributed by atoms with Crippen LogP contribution in [0.4, 0.5) is 4.79 Å². The number of nitrogens with zero attached hydrogens (tertiary/aromatic N) is 3. The van der Waals surface area contributed by atoms with Gasteiger partial charge in [-0.3, -0.25) is 24.1 Å². The van der Waals surface area contributed by atoms with E-state index in [1.807, 2.05) is 6.92 Å². The van der Waals surface area contributed by atoms with Crippen molar-refractivity contribution in [3.05, 3.63) is 47.7 Å². The number of fused-ring (bicyclic) bond motifs is 1. The first-order valence-electron chi connectivity index (χ1n) is 11.8. The van der Waals surface area contributed by atoms with Gasteiger partial charge in [-0.1, -0.05) is 65.1 Å². The van der Waals surface area contributed by atoms with Crippen molar-refractivity contribution in [2.45, 2.75) is 41.0 Å². The zero-order chi connectivity index (χ0) is 27.8. The summed E-state index contributed by atoms with van der Waals surface area (Å²) in [5.74, 6) is -2.34. The van der Waals surface area contributed by atoms with Gasteiger partial charge in [-0.25, -0.2) is 4.79 Å². The molecule has 2 fully saturated rings. The molecule has 4 rings (SSSR count). The Morgan fingerprint density at radius 1 is 1.13 bits per heavy atom. The van der Waals surface area contributed by atoms with Crippen LogP contribution in [-0.4, -0.2) is 84.5 Å². The van der Waals surface area contributed by atoms with E-state index < -0.39 is 50.4 Å². The first kappa shape index (κ1) is 28.5. The van der Waals surface area contributed by atoms with Gasteiger partial charge in [0.25, 0.3) is 5.91 Å². The number of thioether (sulfide) groups is 1. The Morgan fingerprint density at radius 3 is 2.45 bits per heavy atom. The number of rotatable bonds is 6. The minimum absolute atomic E-state index is 0.0254. The number of β-lactam (4-membered cyclic amide) rings is 1. The van der Waals surface area contributed by atoms with Gasteiger partial charge in [-0.2, -0.15) is 0 Å². The largest absolute Gasteiger partial charge is 0.337 e. The molecular weight excluding hydrogens is 577 g/mol. The van der Waals surface area contributed by atoms with Crippen molar-refractivity contribution in [1.29, 1.82) is 0 Å². The summed E-state index contributed by atoms with van der Waals surface area (Å²) in [6.07, 6.45) is 1.42. The zero-order valence-electron chi connectivity index (χ0n) is 20.6. The molecule has 14 heteroatoms. The van der Waals surface area contributed by atoms with Gasteiger partial charge in [0.1, 0.15) is 11.4 Å². The Balaban J connectivity index is 1.61. The number of halogens is 3. The fourth-order valence-corrected chi connectivity index (χ4v) is 6.67. The van der Waals surface area contributed by atoms with Gasteiger partial charge >= 0.3 is 17.8 Å². The van der Waals surface area contributed by atoms with E-state index >= 15 is 0 Å². The average molecular weight is 603 g/mol. The summed E-state index contributed by atoms with van der Waals surface area (Å²) in [6, 6.07) is 6.09. The SMILES string of the molecule is CCN1CCN(C(=O)NC(C(=O)NC2(CC(Cl)(Cl)Cl)C(=O)N3C=C(C)CS[C@H]32)c2ccccc2)C(=O)C1=O. The second-order valence-electron chi connectivity index (χ2n) is 9.24. The van der Waals surface area contributed by atoms with Crippen LogP contribution in [0.1, 0.15) is 31.9 Å². The number of imide groups is 1. The molecule has 0 saturated carbocycles. The van der Waals surface area contributed by atoms with Gasteiger partial charge in [-0.05, 0) is 25.0 Å². The number of alkyl halides is 3. The maximum Gasteiger partial charge on any atom is 0.325 e. The fourth-order valence-electron chi connectivity index (χ4n) is 4.70. The van der Waals surface area contributed by atoms with Crippen molar-refractivity contribution in [2.24, 2.45) is 0 Å². The van der Waals surface area contributed by atoms with E-state index in [1.165, 1.54) is 21.6 Å². The molecule has 3 heterocycles. The predicted molar refractivity (Wildman–Crippen MR) is 144 cm³/mol. The molecular formula is C24H26Cl3N5O5S. The van der Waals surface area contributed by atoms with Crippen molar-refractivity contribution in [3.8, 4) is 0 Å². The molecule has 3 aliphatic rings. The smallest absolute Gasteiger partial charge is 0.325 e. The maximum atomic E-state index is 13.8. The first-order chi connectivity index (χ1) is 17.9. The summed E-state index contributed by atoms with van der Waals surface area (Å²) in [5, 5.41) is 4.80.